The number of halogens is 1. The Morgan fingerprint density at radius 2 is 2.00 bits per heavy atom. The highest BCUT2D eigenvalue weighted by Crippen LogP contribution is 2.32. The number of ether oxygens (including phenoxy) is 1. The number of oxazole rings is 1. The second-order valence-electron chi connectivity index (χ2n) is 5.88. The van der Waals surface area contributed by atoms with Gasteiger partial charge in [0.15, 0.2) is 15.6 Å². The topological polar surface area (TPSA) is 81.4 Å². The highest BCUT2D eigenvalue weighted by atomic mass is 35.5. The summed E-state index contributed by atoms with van der Waals surface area (Å²) in [6.07, 6.45) is 1.59. The lowest BCUT2D eigenvalue weighted by Crippen LogP contribution is -2.05. The van der Waals surface area contributed by atoms with Crippen LogP contribution in [0.4, 0.5) is 11.7 Å². The van der Waals surface area contributed by atoms with Crippen molar-refractivity contribution in [1.82, 2.24) is 4.98 Å². The highest BCUT2D eigenvalue weighted by Gasteiger charge is 2.16. The zero-order valence-corrected chi connectivity index (χ0v) is 16.7. The summed E-state index contributed by atoms with van der Waals surface area (Å²) in [5.41, 5.74) is 2.22. The summed E-state index contributed by atoms with van der Waals surface area (Å²) in [6, 6.07) is 10.4. The second kappa shape index (κ2) is 7.62. The van der Waals surface area contributed by atoms with Crippen LogP contribution in [0.1, 0.15) is 12.5 Å². The van der Waals surface area contributed by atoms with Crippen LogP contribution in [-0.4, -0.2) is 26.3 Å². The minimum atomic E-state index is -3.34. The zero-order chi connectivity index (χ0) is 19.6. The Bertz CT molecular complexity index is 1080. The van der Waals surface area contributed by atoms with Gasteiger partial charge in [0.05, 0.1) is 29.6 Å². The van der Waals surface area contributed by atoms with E-state index in [1.807, 2.05) is 19.1 Å². The Morgan fingerprint density at radius 3 is 2.67 bits per heavy atom. The Morgan fingerprint density at radius 1 is 1.22 bits per heavy atom. The van der Waals surface area contributed by atoms with E-state index in [0.717, 1.165) is 11.1 Å². The SMILES string of the molecule is CCS(=O)(=O)c1ccc(OC)c(Nc2ncc(-c3ccc(Cl)c(C)c3)o2)c1. The molecule has 0 fully saturated rings. The lowest BCUT2D eigenvalue weighted by atomic mass is 10.1. The molecule has 1 heterocycles. The first-order chi connectivity index (χ1) is 12.8. The number of hydrogen-bond donors (Lipinski definition) is 1. The Hall–Kier alpha value is -2.51. The molecule has 0 saturated heterocycles. The molecule has 0 radical (unpaired) electrons. The predicted octanol–water partition coefficient (Wildman–Crippen LogP) is 4.85. The van der Waals surface area contributed by atoms with Gasteiger partial charge in [0.25, 0.3) is 6.01 Å². The van der Waals surface area contributed by atoms with E-state index < -0.39 is 9.84 Å². The van der Waals surface area contributed by atoms with Crippen molar-refractivity contribution in [2.45, 2.75) is 18.7 Å². The van der Waals surface area contributed by atoms with Crippen LogP contribution in [-0.2, 0) is 9.84 Å². The maximum absolute atomic E-state index is 12.1. The fourth-order valence-corrected chi connectivity index (χ4v) is 3.55. The van der Waals surface area contributed by atoms with Crippen molar-refractivity contribution in [3.63, 3.8) is 0 Å². The van der Waals surface area contributed by atoms with E-state index in [4.69, 9.17) is 20.8 Å². The third-order valence-electron chi connectivity index (χ3n) is 4.10. The van der Waals surface area contributed by atoms with Crippen LogP contribution in [0.15, 0.2) is 51.9 Å². The monoisotopic (exact) mass is 406 g/mol. The molecule has 0 atom stereocenters. The zero-order valence-electron chi connectivity index (χ0n) is 15.1. The van der Waals surface area contributed by atoms with Crippen LogP contribution >= 0.6 is 11.6 Å². The van der Waals surface area contributed by atoms with Crippen LogP contribution < -0.4 is 10.1 Å². The number of sulfone groups is 1. The molecular weight excluding hydrogens is 388 g/mol. The summed E-state index contributed by atoms with van der Waals surface area (Å²) in [4.78, 5) is 4.41. The molecule has 0 aliphatic rings. The van der Waals surface area contributed by atoms with E-state index in [9.17, 15) is 8.42 Å². The molecule has 0 aliphatic carbocycles. The van der Waals surface area contributed by atoms with Crippen LogP contribution in [0.5, 0.6) is 5.75 Å². The number of anilines is 2. The van der Waals surface area contributed by atoms with E-state index in [1.165, 1.54) is 19.2 Å². The highest BCUT2D eigenvalue weighted by molar-refractivity contribution is 7.91. The molecule has 1 aromatic heterocycles. The molecule has 0 aliphatic heterocycles. The van der Waals surface area contributed by atoms with E-state index >= 15 is 0 Å². The quantitative estimate of drug-likeness (QED) is 0.630. The van der Waals surface area contributed by atoms with Gasteiger partial charge >= 0.3 is 0 Å². The minimum absolute atomic E-state index is 0.0117. The standard InChI is InChI=1S/C19H19ClN2O4S/c1-4-27(23,24)14-6-8-17(25-3)16(10-14)22-19-21-11-18(26-19)13-5-7-15(20)12(2)9-13/h5-11H,4H2,1-3H3,(H,21,22). The van der Waals surface area contributed by atoms with Crippen molar-refractivity contribution >= 4 is 33.1 Å². The van der Waals surface area contributed by atoms with Gasteiger partial charge in [-0.2, -0.15) is 0 Å². The third kappa shape index (κ3) is 4.09. The minimum Gasteiger partial charge on any atom is -0.495 e. The number of methoxy groups -OCH3 is 1. The van der Waals surface area contributed by atoms with Gasteiger partial charge < -0.3 is 14.5 Å². The molecule has 142 valence electrons. The average molecular weight is 407 g/mol. The smallest absolute Gasteiger partial charge is 0.299 e. The summed E-state index contributed by atoms with van der Waals surface area (Å²) in [5.74, 6) is 1.05. The van der Waals surface area contributed by atoms with E-state index in [-0.39, 0.29) is 16.7 Å². The van der Waals surface area contributed by atoms with Gasteiger partial charge in [0.1, 0.15) is 5.75 Å². The van der Waals surface area contributed by atoms with Crippen molar-refractivity contribution in [1.29, 1.82) is 0 Å². The van der Waals surface area contributed by atoms with Crippen LogP contribution in [0.25, 0.3) is 11.3 Å². The van der Waals surface area contributed by atoms with Gasteiger partial charge in [-0.3, -0.25) is 0 Å². The molecule has 2 aromatic carbocycles. The summed E-state index contributed by atoms with van der Waals surface area (Å²) < 4.78 is 35.3. The number of rotatable bonds is 6. The number of nitrogens with one attached hydrogen (secondary N) is 1. The largest absolute Gasteiger partial charge is 0.495 e. The molecule has 1 N–H and O–H groups in total. The molecule has 27 heavy (non-hydrogen) atoms. The first-order valence-corrected chi connectivity index (χ1v) is 10.3. The Labute approximate surface area is 163 Å². The summed E-state index contributed by atoms with van der Waals surface area (Å²) >= 11 is 6.06. The number of aryl methyl sites for hydroxylation is 1. The normalized spacial score (nSPS) is 11.4. The predicted molar refractivity (Wildman–Crippen MR) is 106 cm³/mol. The maximum atomic E-state index is 12.1. The van der Waals surface area contributed by atoms with Crippen molar-refractivity contribution in [3.8, 4) is 17.1 Å². The fraction of sp³-hybridized carbons (Fsp3) is 0.211. The molecule has 3 aromatic rings. The van der Waals surface area contributed by atoms with E-state index in [2.05, 4.69) is 10.3 Å². The molecule has 0 saturated carbocycles. The number of aromatic nitrogens is 1. The van der Waals surface area contributed by atoms with E-state index in [0.29, 0.717) is 22.2 Å². The number of hydrogen-bond acceptors (Lipinski definition) is 6. The molecule has 0 spiro atoms. The molecule has 0 unspecified atom stereocenters. The molecule has 8 heteroatoms. The van der Waals surface area contributed by atoms with Gasteiger partial charge in [-0.1, -0.05) is 18.5 Å². The molecule has 6 nitrogen and oxygen atoms in total. The Balaban J connectivity index is 1.92. The van der Waals surface area contributed by atoms with Gasteiger partial charge in [0.2, 0.25) is 0 Å². The summed E-state index contributed by atoms with van der Waals surface area (Å²) in [7, 11) is -1.84. The Kier molecular flexibility index (Phi) is 5.43. The van der Waals surface area contributed by atoms with Gasteiger partial charge in [-0.15, -0.1) is 0 Å². The number of benzene rings is 2. The summed E-state index contributed by atoms with van der Waals surface area (Å²) in [6.45, 7) is 3.51. The van der Waals surface area contributed by atoms with Crippen molar-refractivity contribution in [2.75, 3.05) is 18.2 Å². The summed E-state index contributed by atoms with van der Waals surface area (Å²) in [5, 5.41) is 3.66. The van der Waals surface area contributed by atoms with E-state index in [1.54, 1.807) is 25.3 Å². The molecule has 0 bridgehead atoms. The van der Waals surface area contributed by atoms with Crippen LogP contribution in [0, 0.1) is 6.92 Å². The van der Waals surface area contributed by atoms with Crippen LogP contribution in [0.3, 0.4) is 0 Å². The first-order valence-electron chi connectivity index (χ1n) is 8.24. The first kappa shape index (κ1) is 19.3. The fourth-order valence-electron chi connectivity index (χ4n) is 2.52. The number of nitrogens with zero attached hydrogens (tertiary/aromatic N) is 1. The van der Waals surface area contributed by atoms with Crippen molar-refractivity contribution < 1.29 is 17.6 Å². The maximum Gasteiger partial charge on any atom is 0.299 e. The molecule has 3 rings (SSSR count). The lowest BCUT2D eigenvalue weighted by Gasteiger charge is -2.11. The van der Waals surface area contributed by atoms with Gasteiger partial charge in [0, 0.05) is 10.6 Å². The molecular formula is C19H19ClN2O4S. The third-order valence-corrected chi connectivity index (χ3v) is 6.26. The average Bonchev–Trinajstić information content (AvgIpc) is 3.12. The van der Waals surface area contributed by atoms with Crippen molar-refractivity contribution in [3.05, 3.63) is 53.2 Å². The molecule has 0 amide bonds. The van der Waals surface area contributed by atoms with Gasteiger partial charge in [-0.05, 0) is 48.9 Å². The van der Waals surface area contributed by atoms with Crippen LogP contribution in [0.2, 0.25) is 5.02 Å². The van der Waals surface area contributed by atoms with Gasteiger partial charge in [-0.25, -0.2) is 13.4 Å². The second-order valence-corrected chi connectivity index (χ2v) is 8.57. The lowest BCUT2D eigenvalue weighted by molar-refractivity contribution is 0.416. The van der Waals surface area contributed by atoms with Crippen molar-refractivity contribution in [2.24, 2.45) is 0 Å².